The quantitative estimate of drug-likeness (QED) is 0.462. The Morgan fingerprint density at radius 2 is 2.04 bits per heavy atom. The number of rotatable bonds is 6. The molecule has 23 heavy (non-hydrogen) atoms. The Morgan fingerprint density at radius 3 is 2.78 bits per heavy atom. The molecular weight excluding hydrogens is 295 g/mol. The van der Waals surface area contributed by atoms with Gasteiger partial charge in [0.1, 0.15) is 29.2 Å². The van der Waals surface area contributed by atoms with Crippen molar-refractivity contribution in [3.63, 3.8) is 0 Å². The first kappa shape index (κ1) is 15.3. The van der Waals surface area contributed by atoms with Gasteiger partial charge in [-0.05, 0) is 42.8 Å². The van der Waals surface area contributed by atoms with Gasteiger partial charge in [0, 0.05) is 10.9 Å². The number of fused-ring (bicyclic) bond motifs is 1. The molecule has 0 saturated heterocycles. The lowest BCUT2D eigenvalue weighted by molar-refractivity contribution is 0.112. The third-order valence-electron chi connectivity index (χ3n) is 3.65. The number of carbonyl (C=O) groups is 1. The lowest BCUT2D eigenvalue weighted by Gasteiger charge is -2.04. The highest BCUT2D eigenvalue weighted by atomic mass is 19.1. The number of unbranched alkanes of at least 4 members (excludes halogenated alkanes) is 1. The molecule has 1 heterocycles. The van der Waals surface area contributed by atoms with Crippen LogP contribution in [-0.2, 0) is 0 Å². The van der Waals surface area contributed by atoms with Crippen LogP contribution in [0.3, 0.4) is 0 Å². The minimum absolute atomic E-state index is 0.300. The molecular formula is C19H17FO3. The van der Waals surface area contributed by atoms with Crippen LogP contribution in [0.1, 0.15) is 30.1 Å². The number of carbonyl (C=O) groups excluding carboxylic acids is 1. The molecule has 3 aromatic rings. The van der Waals surface area contributed by atoms with Crippen LogP contribution in [0.2, 0.25) is 0 Å². The van der Waals surface area contributed by atoms with Gasteiger partial charge in [0.2, 0.25) is 0 Å². The lowest BCUT2D eigenvalue weighted by atomic mass is 10.1. The van der Waals surface area contributed by atoms with Gasteiger partial charge < -0.3 is 9.15 Å². The first-order valence-electron chi connectivity index (χ1n) is 7.62. The smallest absolute Gasteiger partial charge is 0.150 e. The number of hydrogen-bond donors (Lipinski definition) is 0. The summed E-state index contributed by atoms with van der Waals surface area (Å²) in [7, 11) is 0. The zero-order chi connectivity index (χ0) is 16.2. The van der Waals surface area contributed by atoms with Crippen LogP contribution in [0.25, 0.3) is 22.3 Å². The molecule has 0 aliphatic rings. The van der Waals surface area contributed by atoms with E-state index in [1.54, 1.807) is 18.2 Å². The molecule has 1 aromatic heterocycles. The number of hydrogen-bond acceptors (Lipinski definition) is 3. The molecule has 0 bridgehead atoms. The van der Waals surface area contributed by atoms with Crippen molar-refractivity contribution in [2.75, 3.05) is 6.61 Å². The molecule has 0 unspecified atom stereocenters. The van der Waals surface area contributed by atoms with E-state index in [1.165, 1.54) is 6.07 Å². The summed E-state index contributed by atoms with van der Waals surface area (Å²) in [5.74, 6) is 0.726. The number of halogens is 1. The Morgan fingerprint density at radius 1 is 1.17 bits per heavy atom. The second-order valence-corrected chi connectivity index (χ2v) is 5.37. The van der Waals surface area contributed by atoms with E-state index in [0.717, 1.165) is 24.0 Å². The van der Waals surface area contributed by atoms with E-state index in [2.05, 4.69) is 6.92 Å². The molecule has 0 spiro atoms. The molecule has 0 radical (unpaired) electrons. The molecule has 118 valence electrons. The summed E-state index contributed by atoms with van der Waals surface area (Å²) in [6, 6.07) is 11.6. The molecule has 0 fully saturated rings. The first-order chi connectivity index (χ1) is 11.2. The maximum absolute atomic E-state index is 14.1. The second-order valence-electron chi connectivity index (χ2n) is 5.37. The Kier molecular flexibility index (Phi) is 4.42. The predicted molar refractivity (Wildman–Crippen MR) is 87.4 cm³/mol. The normalized spacial score (nSPS) is 10.9. The second kappa shape index (κ2) is 6.65. The molecule has 0 aliphatic heterocycles. The number of benzene rings is 2. The molecule has 0 aliphatic carbocycles. The summed E-state index contributed by atoms with van der Waals surface area (Å²) in [6.07, 6.45) is 2.70. The molecule has 4 heteroatoms. The first-order valence-corrected chi connectivity index (χ1v) is 7.62. The van der Waals surface area contributed by atoms with Gasteiger partial charge in [0.05, 0.1) is 12.2 Å². The van der Waals surface area contributed by atoms with Gasteiger partial charge in [-0.15, -0.1) is 0 Å². The van der Waals surface area contributed by atoms with E-state index >= 15 is 0 Å². The van der Waals surface area contributed by atoms with Gasteiger partial charge in [0.25, 0.3) is 0 Å². The Hall–Kier alpha value is -2.62. The van der Waals surface area contributed by atoms with Crippen molar-refractivity contribution >= 4 is 17.3 Å². The van der Waals surface area contributed by atoms with Gasteiger partial charge in [-0.3, -0.25) is 4.79 Å². The van der Waals surface area contributed by atoms with Gasteiger partial charge in [-0.2, -0.15) is 0 Å². The number of aldehydes is 1. The Bertz CT molecular complexity index is 836. The maximum atomic E-state index is 14.1. The van der Waals surface area contributed by atoms with Gasteiger partial charge in [0.15, 0.2) is 0 Å². The van der Waals surface area contributed by atoms with Crippen molar-refractivity contribution in [3.05, 3.63) is 53.8 Å². The molecule has 0 amide bonds. The fourth-order valence-electron chi connectivity index (χ4n) is 2.38. The van der Waals surface area contributed by atoms with E-state index in [9.17, 15) is 9.18 Å². The third kappa shape index (κ3) is 3.26. The van der Waals surface area contributed by atoms with Crippen LogP contribution >= 0.6 is 0 Å². The maximum Gasteiger partial charge on any atom is 0.150 e. The van der Waals surface area contributed by atoms with Crippen molar-refractivity contribution in [2.24, 2.45) is 0 Å². The van der Waals surface area contributed by atoms with Crippen molar-refractivity contribution in [1.82, 2.24) is 0 Å². The fourth-order valence-corrected chi connectivity index (χ4v) is 2.38. The van der Waals surface area contributed by atoms with Crippen LogP contribution in [-0.4, -0.2) is 12.9 Å². The van der Waals surface area contributed by atoms with Crippen LogP contribution in [0.5, 0.6) is 5.75 Å². The minimum atomic E-state index is -0.479. The van der Waals surface area contributed by atoms with E-state index in [4.69, 9.17) is 9.15 Å². The van der Waals surface area contributed by atoms with Gasteiger partial charge in [-0.25, -0.2) is 4.39 Å². The Labute approximate surface area is 133 Å². The highest BCUT2D eigenvalue weighted by molar-refractivity contribution is 5.85. The van der Waals surface area contributed by atoms with Crippen LogP contribution < -0.4 is 4.74 Å². The third-order valence-corrected chi connectivity index (χ3v) is 3.65. The average Bonchev–Trinajstić information content (AvgIpc) is 2.97. The zero-order valence-corrected chi connectivity index (χ0v) is 12.8. The summed E-state index contributed by atoms with van der Waals surface area (Å²) < 4.78 is 25.5. The predicted octanol–water partition coefficient (Wildman–Crippen LogP) is 5.23. The van der Waals surface area contributed by atoms with Crippen LogP contribution in [0, 0.1) is 5.82 Å². The number of ether oxygens (including phenoxy) is 1. The fraction of sp³-hybridized carbons (Fsp3) is 0.211. The van der Waals surface area contributed by atoms with Gasteiger partial charge >= 0.3 is 0 Å². The summed E-state index contributed by atoms with van der Waals surface area (Å²) in [5.41, 5.74) is 1.30. The standard InChI is InChI=1S/C19H17FO3/c1-2-3-8-22-15-5-7-18-14(10-15)11-19(23-18)16-6-4-13(12-21)9-17(16)20/h4-7,9-12H,2-3,8H2,1H3. The molecule has 3 rings (SSSR count). The van der Waals surface area contributed by atoms with Crippen LogP contribution in [0.15, 0.2) is 46.9 Å². The summed E-state index contributed by atoms with van der Waals surface area (Å²) in [5, 5.41) is 0.855. The van der Waals surface area contributed by atoms with E-state index in [-0.39, 0.29) is 0 Å². The topological polar surface area (TPSA) is 39.4 Å². The summed E-state index contributed by atoms with van der Waals surface area (Å²) in [4.78, 5) is 10.7. The summed E-state index contributed by atoms with van der Waals surface area (Å²) in [6.45, 7) is 2.79. The molecule has 0 saturated carbocycles. The molecule has 0 N–H and O–H groups in total. The van der Waals surface area contributed by atoms with Crippen molar-refractivity contribution in [1.29, 1.82) is 0 Å². The lowest BCUT2D eigenvalue weighted by Crippen LogP contribution is -1.95. The minimum Gasteiger partial charge on any atom is -0.494 e. The van der Waals surface area contributed by atoms with Crippen molar-refractivity contribution in [3.8, 4) is 17.1 Å². The average molecular weight is 312 g/mol. The largest absolute Gasteiger partial charge is 0.494 e. The van der Waals surface area contributed by atoms with E-state index < -0.39 is 5.82 Å². The number of furan rings is 1. The SMILES string of the molecule is CCCCOc1ccc2oc(-c3ccc(C=O)cc3F)cc2c1. The monoisotopic (exact) mass is 312 g/mol. The van der Waals surface area contributed by atoms with Crippen LogP contribution in [0.4, 0.5) is 4.39 Å². The highest BCUT2D eigenvalue weighted by Gasteiger charge is 2.12. The van der Waals surface area contributed by atoms with Crippen molar-refractivity contribution < 1.29 is 18.3 Å². The van der Waals surface area contributed by atoms with Crippen molar-refractivity contribution in [2.45, 2.75) is 19.8 Å². The zero-order valence-electron chi connectivity index (χ0n) is 12.8. The Balaban J connectivity index is 1.92. The van der Waals surface area contributed by atoms with E-state index in [0.29, 0.717) is 35.4 Å². The van der Waals surface area contributed by atoms with Gasteiger partial charge in [-0.1, -0.05) is 19.4 Å². The van der Waals surface area contributed by atoms with E-state index in [1.807, 2.05) is 18.2 Å². The molecule has 2 aromatic carbocycles. The molecule has 3 nitrogen and oxygen atoms in total. The summed E-state index contributed by atoms with van der Waals surface area (Å²) >= 11 is 0. The molecule has 0 atom stereocenters. The highest BCUT2D eigenvalue weighted by Crippen LogP contribution is 2.31.